The number of hydrogen-bond donors (Lipinski definition) is 1. The van der Waals surface area contributed by atoms with Gasteiger partial charge in [0.15, 0.2) is 5.82 Å². The molecule has 1 unspecified atom stereocenters. The van der Waals surface area contributed by atoms with Gasteiger partial charge in [0.1, 0.15) is 23.8 Å². The maximum Gasteiger partial charge on any atom is 0.263 e. The molecule has 3 rings (SSSR count). The Bertz CT molecular complexity index is 712. The molecule has 1 saturated heterocycles. The molecule has 1 aromatic carbocycles. The highest BCUT2D eigenvalue weighted by Crippen LogP contribution is 2.24. The summed E-state index contributed by atoms with van der Waals surface area (Å²) in [5.74, 6) is -2.15. The number of hydrogen-bond acceptors (Lipinski definition) is 6. The number of amides is 1. The molecule has 1 aromatic heterocycles. The highest BCUT2D eigenvalue weighted by Gasteiger charge is 2.18. The second-order valence-electron chi connectivity index (χ2n) is 5.54. The molecular formula is C16H17F2N3O4. The Labute approximate surface area is 142 Å². The first kappa shape index (κ1) is 17.4. The van der Waals surface area contributed by atoms with E-state index in [4.69, 9.17) is 14.0 Å². The van der Waals surface area contributed by atoms with E-state index in [2.05, 4.69) is 15.5 Å². The molecule has 1 fully saturated rings. The topological polar surface area (TPSA) is 86.5 Å². The van der Waals surface area contributed by atoms with Gasteiger partial charge in [0.2, 0.25) is 5.91 Å². The zero-order valence-electron chi connectivity index (χ0n) is 13.3. The fourth-order valence-electron chi connectivity index (χ4n) is 2.42. The lowest BCUT2D eigenvalue weighted by Crippen LogP contribution is -2.29. The summed E-state index contributed by atoms with van der Waals surface area (Å²) in [5.41, 5.74) is -0.396. The van der Waals surface area contributed by atoms with Crippen LogP contribution < -0.4 is 5.32 Å². The summed E-state index contributed by atoms with van der Waals surface area (Å²) in [4.78, 5) is 15.6. The Kier molecular flexibility index (Phi) is 5.67. The average Bonchev–Trinajstić information content (AvgIpc) is 3.25. The molecule has 0 radical (unpaired) electrons. The molecule has 0 spiro atoms. The van der Waals surface area contributed by atoms with Crippen LogP contribution in [0.2, 0.25) is 0 Å². The smallest absolute Gasteiger partial charge is 0.263 e. The van der Waals surface area contributed by atoms with E-state index in [-0.39, 0.29) is 36.9 Å². The van der Waals surface area contributed by atoms with E-state index >= 15 is 0 Å². The molecule has 7 nitrogen and oxygen atoms in total. The predicted octanol–water partition coefficient (Wildman–Crippen LogP) is 1.83. The number of rotatable bonds is 7. The van der Waals surface area contributed by atoms with Crippen molar-refractivity contribution in [3.63, 3.8) is 0 Å². The minimum Gasteiger partial charge on any atom is -0.376 e. The van der Waals surface area contributed by atoms with Crippen molar-refractivity contribution < 1.29 is 27.6 Å². The van der Waals surface area contributed by atoms with Crippen molar-refractivity contribution in [1.29, 1.82) is 0 Å². The van der Waals surface area contributed by atoms with Gasteiger partial charge in [-0.15, -0.1) is 0 Å². The summed E-state index contributed by atoms with van der Waals surface area (Å²) in [5, 5.41) is 6.14. The third-order valence-corrected chi connectivity index (χ3v) is 3.65. The van der Waals surface area contributed by atoms with Crippen molar-refractivity contribution >= 4 is 5.91 Å². The monoisotopic (exact) mass is 353 g/mol. The summed E-state index contributed by atoms with van der Waals surface area (Å²) in [6.07, 6.45) is 1.98. The first-order valence-electron chi connectivity index (χ1n) is 7.86. The van der Waals surface area contributed by atoms with Crippen molar-refractivity contribution in [1.82, 2.24) is 15.5 Å². The third-order valence-electron chi connectivity index (χ3n) is 3.65. The van der Waals surface area contributed by atoms with Gasteiger partial charge in [0.25, 0.3) is 5.89 Å². The molecule has 1 aliphatic rings. The van der Waals surface area contributed by atoms with Gasteiger partial charge in [-0.05, 0) is 25.0 Å². The number of halogens is 2. The molecule has 1 atom stereocenters. The summed E-state index contributed by atoms with van der Waals surface area (Å²) < 4.78 is 42.8. The Balaban J connectivity index is 1.47. The van der Waals surface area contributed by atoms with E-state index in [1.165, 1.54) is 6.07 Å². The second-order valence-corrected chi connectivity index (χ2v) is 5.54. The Morgan fingerprint density at radius 2 is 2.16 bits per heavy atom. The first-order valence-corrected chi connectivity index (χ1v) is 7.86. The van der Waals surface area contributed by atoms with Crippen LogP contribution >= 0.6 is 0 Å². The molecule has 2 heterocycles. The van der Waals surface area contributed by atoms with Crippen molar-refractivity contribution in [2.24, 2.45) is 0 Å². The van der Waals surface area contributed by atoms with Crippen LogP contribution in [-0.2, 0) is 20.8 Å². The Hall–Kier alpha value is -2.39. The maximum absolute atomic E-state index is 13.7. The molecule has 1 amide bonds. The van der Waals surface area contributed by atoms with Gasteiger partial charge in [-0.3, -0.25) is 4.79 Å². The number of carbonyl (C=O) groups excluding carboxylic acids is 1. The lowest BCUT2D eigenvalue weighted by atomic mass is 10.2. The number of carbonyl (C=O) groups is 1. The minimum absolute atomic E-state index is 0.0400. The van der Waals surface area contributed by atoms with Gasteiger partial charge in [-0.1, -0.05) is 11.2 Å². The van der Waals surface area contributed by atoms with Crippen molar-refractivity contribution in [3.05, 3.63) is 35.7 Å². The fourth-order valence-corrected chi connectivity index (χ4v) is 2.42. The number of nitrogens with one attached hydrogen (secondary N) is 1. The Morgan fingerprint density at radius 1 is 1.36 bits per heavy atom. The van der Waals surface area contributed by atoms with E-state index < -0.39 is 17.2 Å². The lowest BCUT2D eigenvalue weighted by Gasteiger charge is -2.09. The molecule has 1 N–H and O–H groups in total. The van der Waals surface area contributed by atoms with Crippen LogP contribution in [-0.4, -0.2) is 42.0 Å². The minimum atomic E-state index is -0.804. The van der Waals surface area contributed by atoms with Gasteiger partial charge in [0, 0.05) is 6.61 Å². The quantitative estimate of drug-likeness (QED) is 0.817. The largest absolute Gasteiger partial charge is 0.376 e. The SMILES string of the molecule is O=C(COCC1CCCO1)NCc1noc(-c2c(F)cccc2F)n1. The van der Waals surface area contributed by atoms with Crippen molar-refractivity contribution in [2.45, 2.75) is 25.5 Å². The maximum atomic E-state index is 13.7. The van der Waals surface area contributed by atoms with Crippen molar-refractivity contribution in [2.75, 3.05) is 19.8 Å². The lowest BCUT2D eigenvalue weighted by molar-refractivity contribution is -0.127. The molecule has 25 heavy (non-hydrogen) atoms. The Morgan fingerprint density at radius 3 is 2.88 bits per heavy atom. The zero-order valence-corrected chi connectivity index (χ0v) is 13.3. The first-order chi connectivity index (χ1) is 12.1. The van der Waals surface area contributed by atoms with Gasteiger partial charge in [0.05, 0.1) is 19.3 Å². The van der Waals surface area contributed by atoms with E-state index in [0.29, 0.717) is 6.61 Å². The van der Waals surface area contributed by atoms with Crippen LogP contribution in [0.5, 0.6) is 0 Å². The molecule has 0 saturated carbocycles. The van der Waals surface area contributed by atoms with Crippen molar-refractivity contribution in [3.8, 4) is 11.5 Å². The molecule has 2 aromatic rings. The molecular weight excluding hydrogens is 336 g/mol. The highest BCUT2D eigenvalue weighted by molar-refractivity contribution is 5.77. The highest BCUT2D eigenvalue weighted by atomic mass is 19.1. The number of benzene rings is 1. The van der Waals surface area contributed by atoms with E-state index in [9.17, 15) is 13.6 Å². The van der Waals surface area contributed by atoms with E-state index in [1.807, 2.05) is 0 Å². The van der Waals surface area contributed by atoms with Gasteiger partial charge >= 0.3 is 0 Å². The average molecular weight is 353 g/mol. The molecule has 9 heteroatoms. The molecule has 0 bridgehead atoms. The van der Waals surface area contributed by atoms with Gasteiger partial charge < -0.3 is 19.3 Å². The summed E-state index contributed by atoms with van der Waals surface area (Å²) in [7, 11) is 0. The second kappa shape index (κ2) is 8.13. The number of aromatic nitrogens is 2. The predicted molar refractivity (Wildman–Crippen MR) is 81.3 cm³/mol. The van der Waals surface area contributed by atoms with Crippen LogP contribution in [0.1, 0.15) is 18.7 Å². The van der Waals surface area contributed by atoms with Crippen LogP contribution in [0, 0.1) is 11.6 Å². The summed E-state index contributed by atoms with van der Waals surface area (Å²) in [6.45, 7) is 0.934. The van der Waals surface area contributed by atoms with Crippen LogP contribution in [0.25, 0.3) is 11.5 Å². The van der Waals surface area contributed by atoms with Crippen LogP contribution in [0.15, 0.2) is 22.7 Å². The van der Waals surface area contributed by atoms with Crippen LogP contribution in [0.3, 0.4) is 0 Å². The van der Waals surface area contributed by atoms with Gasteiger partial charge in [-0.2, -0.15) is 4.98 Å². The molecule has 1 aliphatic heterocycles. The summed E-state index contributed by atoms with van der Waals surface area (Å²) >= 11 is 0. The van der Waals surface area contributed by atoms with E-state index in [0.717, 1.165) is 31.6 Å². The number of ether oxygens (including phenoxy) is 2. The standard InChI is InChI=1S/C16H17F2N3O4/c17-11-4-1-5-12(18)15(11)16-20-13(21-25-16)7-19-14(22)9-23-8-10-3-2-6-24-10/h1,4-5,10H,2-3,6-9H2,(H,19,22). The third kappa shape index (κ3) is 4.58. The normalized spacial score (nSPS) is 17.0. The summed E-state index contributed by atoms with van der Waals surface area (Å²) in [6, 6.07) is 3.42. The molecule has 0 aliphatic carbocycles. The van der Waals surface area contributed by atoms with E-state index in [1.54, 1.807) is 0 Å². The zero-order chi connectivity index (χ0) is 17.6. The van der Waals surface area contributed by atoms with Gasteiger partial charge in [-0.25, -0.2) is 8.78 Å². The molecule has 134 valence electrons. The fraction of sp³-hybridized carbons (Fsp3) is 0.438. The number of nitrogens with zero attached hydrogens (tertiary/aromatic N) is 2. The van der Waals surface area contributed by atoms with Crippen LogP contribution in [0.4, 0.5) is 8.78 Å².